The van der Waals surface area contributed by atoms with Gasteiger partial charge in [0.25, 0.3) is 5.91 Å². The minimum absolute atomic E-state index is 0.0321. The monoisotopic (exact) mass is 604 g/mol. The highest BCUT2D eigenvalue weighted by Gasteiger charge is 2.32. The van der Waals surface area contributed by atoms with Crippen molar-refractivity contribution >= 4 is 11.8 Å². The van der Waals surface area contributed by atoms with Gasteiger partial charge >= 0.3 is 6.61 Å². The maximum absolute atomic E-state index is 14.8. The molecule has 2 aliphatic rings. The van der Waals surface area contributed by atoms with Gasteiger partial charge in [-0.1, -0.05) is 18.9 Å². The number of benzene rings is 2. The van der Waals surface area contributed by atoms with Crippen LogP contribution < -0.4 is 25.8 Å². The zero-order valence-electron chi connectivity index (χ0n) is 23.4. The third kappa shape index (κ3) is 7.45. The van der Waals surface area contributed by atoms with Crippen molar-refractivity contribution in [2.24, 2.45) is 11.7 Å². The first-order chi connectivity index (χ1) is 20.6. The number of oxazole rings is 1. The fourth-order valence-corrected chi connectivity index (χ4v) is 4.94. The second-order valence-electron chi connectivity index (χ2n) is 10.9. The number of nitrogens with one attached hydrogen (secondary N) is 2. The third-order valence-corrected chi connectivity index (χ3v) is 7.37. The molecule has 3 aromatic rings. The molecule has 2 aromatic carbocycles. The van der Waals surface area contributed by atoms with Crippen LogP contribution in [0.25, 0.3) is 11.5 Å². The van der Waals surface area contributed by atoms with Crippen molar-refractivity contribution in [3.05, 3.63) is 65.1 Å². The Morgan fingerprint density at radius 1 is 1.07 bits per heavy atom. The zero-order valence-corrected chi connectivity index (χ0v) is 23.4. The summed E-state index contributed by atoms with van der Waals surface area (Å²) in [5.41, 5.74) is 5.86. The molecule has 1 aromatic heterocycles. The molecule has 230 valence electrons. The average Bonchev–Trinajstić information content (AvgIpc) is 3.43. The molecule has 0 spiro atoms. The van der Waals surface area contributed by atoms with Crippen LogP contribution in [-0.4, -0.2) is 36.1 Å². The summed E-state index contributed by atoms with van der Waals surface area (Å²) >= 11 is 0. The van der Waals surface area contributed by atoms with E-state index in [1.165, 1.54) is 18.2 Å². The topological polar surface area (TPSA) is 129 Å². The smallest absolute Gasteiger partial charge is 0.387 e. The summed E-state index contributed by atoms with van der Waals surface area (Å²) in [4.78, 5) is 31.1. The van der Waals surface area contributed by atoms with Crippen molar-refractivity contribution in [2.45, 2.75) is 70.2 Å². The molecule has 2 atom stereocenters. The van der Waals surface area contributed by atoms with Crippen molar-refractivity contribution in [1.29, 1.82) is 0 Å². The van der Waals surface area contributed by atoms with E-state index >= 15 is 0 Å². The van der Waals surface area contributed by atoms with E-state index in [1.54, 1.807) is 6.92 Å². The number of aromatic nitrogens is 1. The largest absolute Gasteiger partial charge is 0.489 e. The van der Waals surface area contributed by atoms with E-state index in [4.69, 9.17) is 14.9 Å². The van der Waals surface area contributed by atoms with Gasteiger partial charge in [-0.15, -0.1) is 0 Å². The summed E-state index contributed by atoms with van der Waals surface area (Å²) in [5.74, 6) is -3.30. The van der Waals surface area contributed by atoms with Crippen molar-refractivity contribution in [3.8, 4) is 23.0 Å². The number of halogens is 4. The van der Waals surface area contributed by atoms with Gasteiger partial charge in [0.2, 0.25) is 11.8 Å². The minimum Gasteiger partial charge on any atom is -0.489 e. The molecule has 9 nitrogen and oxygen atoms in total. The van der Waals surface area contributed by atoms with Gasteiger partial charge in [-0.2, -0.15) is 8.78 Å². The summed E-state index contributed by atoms with van der Waals surface area (Å²) in [7, 11) is 0. The molecule has 0 radical (unpaired) electrons. The summed E-state index contributed by atoms with van der Waals surface area (Å²) < 4.78 is 70.6. The standard InChI is InChI=1S/C30H32F4N4O5/c1-15(35)26-25(38-29(43-26)17-8-11-22(42-30(33)34)23(12-17)41-14-16-6-7-16)28(40)37-24(20-10-9-18(31)13-21(20)32)27(39)36-19-4-2-3-5-19/h8-13,15-16,19,24,30H,2-7,14,35H2,1H3,(H,36,39)(H,37,40)/t15-,24?/m0/s1. The molecule has 2 amide bonds. The highest BCUT2D eigenvalue weighted by Crippen LogP contribution is 2.37. The van der Waals surface area contributed by atoms with Crippen LogP contribution in [0.3, 0.4) is 0 Å². The molecule has 2 fully saturated rings. The van der Waals surface area contributed by atoms with Gasteiger partial charge in [0.1, 0.15) is 17.7 Å². The molecule has 0 aliphatic heterocycles. The molecule has 5 rings (SSSR count). The molecular weight excluding hydrogens is 572 g/mol. The molecular formula is C30H32F4N4O5. The lowest BCUT2D eigenvalue weighted by Gasteiger charge is -2.21. The van der Waals surface area contributed by atoms with Crippen LogP contribution >= 0.6 is 0 Å². The van der Waals surface area contributed by atoms with Gasteiger partial charge < -0.3 is 30.3 Å². The molecule has 43 heavy (non-hydrogen) atoms. The summed E-state index contributed by atoms with van der Waals surface area (Å²) in [6.45, 7) is -1.20. The normalized spacial score (nSPS) is 16.6. The maximum atomic E-state index is 14.8. The number of carbonyl (C=O) groups excluding carboxylic acids is 2. The van der Waals surface area contributed by atoms with Crippen LogP contribution in [0.15, 0.2) is 40.8 Å². The van der Waals surface area contributed by atoms with Crippen molar-refractivity contribution in [1.82, 2.24) is 15.6 Å². The second kappa shape index (κ2) is 13.0. The first-order valence-electron chi connectivity index (χ1n) is 14.1. The van der Waals surface area contributed by atoms with Crippen LogP contribution in [-0.2, 0) is 4.79 Å². The number of rotatable bonds is 12. The predicted octanol–water partition coefficient (Wildman–Crippen LogP) is 5.56. The fraction of sp³-hybridized carbons (Fsp3) is 0.433. The van der Waals surface area contributed by atoms with Crippen LogP contribution in [0.5, 0.6) is 11.5 Å². The lowest BCUT2D eigenvalue weighted by Crippen LogP contribution is -2.44. The van der Waals surface area contributed by atoms with Gasteiger partial charge in [0, 0.05) is 23.2 Å². The predicted molar refractivity (Wildman–Crippen MR) is 146 cm³/mol. The highest BCUT2D eigenvalue weighted by molar-refractivity contribution is 5.97. The summed E-state index contributed by atoms with van der Waals surface area (Å²) in [6, 6.07) is 4.33. The Balaban J connectivity index is 1.44. The second-order valence-corrected chi connectivity index (χ2v) is 10.9. The van der Waals surface area contributed by atoms with E-state index in [1.807, 2.05) is 0 Å². The zero-order chi connectivity index (χ0) is 30.7. The van der Waals surface area contributed by atoms with E-state index in [0.717, 1.165) is 50.7 Å². The van der Waals surface area contributed by atoms with Crippen molar-refractivity contribution in [2.75, 3.05) is 6.61 Å². The highest BCUT2D eigenvalue weighted by atomic mass is 19.3. The lowest BCUT2D eigenvalue weighted by atomic mass is 10.0. The number of hydrogen-bond donors (Lipinski definition) is 3. The quantitative estimate of drug-likeness (QED) is 0.231. The van der Waals surface area contributed by atoms with Gasteiger partial charge in [-0.05, 0) is 62.8 Å². The number of carbonyl (C=O) groups is 2. The molecule has 0 bridgehead atoms. The summed E-state index contributed by atoms with van der Waals surface area (Å²) in [6.07, 6.45) is 5.29. The Morgan fingerprint density at radius 2 is 1.81 bits per heavy atom. The Labute approximate surface area is 245 Å². The Morgan fingerprint density at radius 3 is 2.47 bits per heavy atom. The van der Waals surface area contributed by atoms with Crippen LogP contribution in [0.2, 0.25) is 0 Å². The molecule has 2 saturated carbocycles. The number of alkyl halides is 2. The fourth-order valence-electron chi connectivity index (χ4n) is 4.94. The molecule has 1 heterocycles. The van der Waals surface area contributed by atoms with E-state index < -0.39 is 42.1 Å². The maximum Gasteiger partial charge on any atom is 0.387 e. The number of ether oxygens (including phenoxy) is 2. The first-order valence-corrected chi connectivity index (χ1v) is 14.1. The number of amides is 2. The van der Waals surface area contributed by atoms with Gasteiger partial charge in [-0.25, -0.2) is 13.8 Å². The van der Waals surface area contributed by atoms with E-state index in [2.05, 4.69) is 20.4 Å². The molecule has 4 N–H and O–H groups in total. The van der Waals surface area contributed by atoms with Gasteiger partial charge in [0.15, 0.2) is 23.0 Å². The van der Waals surface area contributed by atoms with Crippen molar-refractivity contribution < 1.29 is 41.0 Å². The lowest BCUT2D eigenvalue weighted by molar-refractivity contribution is -0.123. The third-order valence-electron chi connectivity index (χ3n) is 7.37. The summed E-state index contributed by atoms with van der Waals surface area (Å²) in [5, 5.41) is 5.34. The van der Waals surface area contributed by atoms with Crippen molar-refractivity contribution in [3.63, 3.8) is 0 Å². The SMILES string of the molecule is C[C@H](N)c1oc(-c2ccc(OC(F)F)c(OCC3CC3)c2)nc1C(=O)NC(C(=O)NC1CCCC1)c1ccc(F)cc1F. The molecule has 2 aliphatic carbocycles. The molecule has 1 unspecified atom stereocenters. The number of nitrogens with two attached hydrogens (primary N) is 1. The Hall–Kier alpha value is -4.13. The van der Waals surface area contributed by atoms with Crippen LogP contribution in [0.1, 0.15) is 79.3 Å². The Kier molecular flexibility index (Phi) is 9.19. The molecule has 13 heteroatoms. The van der Waals surface area contributed by atoms with Crippen LogP contribution in [0, 0.1) is 17.6 Å². The van der Waals surface area contributed by atoms with Gasteiger partial charge in [-0.3, -0.25) is 9.59 Å². The van der Waals surface area contributed by atoms with E-state index in [9.17, 15) is 27.2 Å². The Bertz CT molecular complexity index is 1470. The van der Waals surface area contributed by atoms with E-state index in [0.29, 0.717) is 18.6 Å². The number of hydrogen-bond acceptors (Lipinski definition) is 7. The number of nitrogens with zero attached hydrogens (tertiary/aromatic N) is 1. The first kappa shape index (κ1) is 30.3. The molecule has 0 saturated heterocycles. The minimum atomic E-state index is -3.07. The average molecular weight is 605 g/mol. The van der Waals surface area contributed by atoms with Gasteiger partial charge in [0.05, 0.1) is 12.6 Å². The van der Waals surface area contributed by atoms with E-state index in [-0.39, 0.29) is 46.0 Å². The van der Waals surface area contributed by atoms with Crippen LogP contribution in [0.4, 0.5) is 17.6 Å².